The van der Waals surface area contributed by atoms with Crippen molar-refractivity contribution in [3.8, 4) is 0 Å². The first-order valence-electron chi connectivity index (χ1n) is 10.5. The normalized spacial score (nSPS) is 14.8. The van der Waals surface area contributed by atoms with Gasteiger partial charge in [0.25, 0.3) is 15.9 Å². The smallest absolute Gasteiger partial charge is 0.261 e. The first-order chi connectivity index (χ1) is 15.8. The lowest BCUT2D eigenvalue weighted by atomic mass is 10.1. The number of amides is 1. The molecule has 0 spiro atoms. The van der Waals surface area contributed by atoms with Gasteiger partial charge < -0.3 is 4.90 Å². The monoisotopic (exact) mass is 487 g/mol. The van der Waals surface area contributed by atoms with Crippen molar-refractivity contribution in [1.29, 1.82) is 0 Å². The number of halogens is 2. The zero-order chi connectivity index (χ0) is 23.4. The second-order valence-electron chi connectivity index (χ2n) is 7.81. The van der Waals surface area contributed by atoms with E-state index in [9.17, 15) is 17.6 Å². The summed E-state index contributed by atoms with van der Waals surface area (Å²) in [7, 11) is -3.99. The van der Waals surface area contributed by atoms with Gasteiger partial charge in [0.05, 0.1) is 15.6 Å². The van der Waals surface area contributed by atoms with Crippen LogP contribution >= 0.6 is 11.6 Å². The van der Waals surface area contributed by atoms with Gasteiger partial charge in [0, 0.05) is 38.3 Å². The highest BCUT2D eigenvalue weighted by atomic mass is 35.5. The van der Waals surface area contributed by atoms with E-state index < -0.39 is 15.8 Å². The van der Waals surface area contributed by atoms with Crippen LogP contribution < -0.4 is 4.72 Å². The van der Waals surface area contributed by atoms with Crippen LogP contribution in [-0.2, 0) is 16.6 Å². The summed E-state index contributed by atoms with van der Waals surface area (Å²) in [4.78, 5) is 17.0. The third-order valence-electron chi connectivity index (χ3n) is 5.49. The van der Waals surface area contributed by atoms with Gasteiger partial charge in [0.2, 0.25) is 0 Å². The van der Waals surface area contributed by atoms with E-state index in [-0.39, 0.29) is 21.5 Å². The Kier molecular flexibility index (Phi) is 6.97. The fourth-order valence-corrected chi connectivity index (χ4v) is 4.98. The van der Waals surface area contributed by atoms with Gasteiger partial charge >= 0.3 is 0 Å². The van der Waals surface area contributed by atoms with Crippen LogP contribution in [0.25, 0.3) is 0 Å². The number of nitrogens with zero attached hydrogens (tertiary/aromatic N) is 2. The minimum Gasteiger partial charge on any atom is -0.336 e. The molecular formula is C24H23ClFN3O3S. The number of sulfonamides is 1. The van der Waals surface area contributed by atoms with E-state index in [4.69, 9.17) is 11.6 Å². The molecule has 1 heterocycles. The summed E-state index contributed by atoms with van der Waals surface area (Å²) >= 11 is 6.18. The van der Waals surface area contributed by atoms with Gasteiger partial charge in [-0.2, -0.15) is 0 Å². The molecule has 0 atom stereocenters. The van der Waals surface area contributed by atoms with Gasteiger partial charge in [-0.3, -0.25) is 14.4 Å². The van der Waals surface area contributed by atoms with Gasteiger partial charge in [-0.1, -0.05) is 41.9 Å². The Morgan fingerprint density at radius 2 is 1.61 bits per heavy atom. The lowest BCUT2D eigenvalue weighted by Crippen LogP contribution is -2.48. The number of benzene rings is 3. The maximum absolute atomic E-state index is 13.1. The van der Waals surface area contributed by atoms with Crippen molar-refractivity contribution in [2.75, 3.05) is 30.9 Å². The molecule has 0 saturated carbocycles. The molecule has 1 amide bonds. The molecule has 33 heavy (non-hydrogen) atoms. The van der Waals surface area contributed by atoms with Gasteiger partial charge in [-0.05, 0) is 48.0 Å². The Labute approximate surface area is 197 Å². The van der Waals surface area contributed by atoms with Crippen molar-refractivity contribution in [1.82, 2.24) is 9.80 Å². The third kappa shape index (κ3) is 5.71. The third-order valence-corrected chi connectivity index (χ3v) is 7.20. The van der Waals surface area contributed by atoms with Crippen LogP contribution in [-0.4, -0.2) is 50.3 Å². The van der Waals surface area contributed by atoms with Gasteiger partial charge in [0.1, 0.15) is 5.82 Å². The topological polar surface area (TPSA) is 69.7 Å². The van der Waals surface area contributed by atoms with Gasteiger partial charge in [-0.25, -0.2) is 12.8 Å². The van der Waals surface area contributed by atoms with Crippen LogP contribution in [0.3, 0.4) is 0 Å². The van der Waals surface area contributed by atoms with Crippen molar-refractivity contribution < 1.29 is 17.6 Å². The molecule has 0 unspecified atom stereocenters. The molecule has 1 aliphatic rings. The minimum atomic E-state index is -3.99. The van der Waals surface area contributed by atoms with Crippen molar-refractivity contribution in [3.05, 3.63) is 94.8 Å². The molecule has 172 valence electrons. The zero-order valence-corrected chi connectivity index (χ0v) is 19.3. The molecule has 3 aromatic rings. The molecule has 4 rings (SSSR count). The second-order valence-corrected chi connectivity index (χ2v) is 9.90. The Bertz CT molecular complexity index is 1230. The number of carbonyl (C=O) groups is 1. The summed E-state index contributed by atoms with van der Waals surface area (Å²) in [6, 6.07) is 19.1. The van der Waals surface area contributed by atoms with Crippen LogP contribution in [0, 0.1) is 5.82 Å². The molecule has 9 heteroatoms. The fourth-order valence-electron chi connectivity index (χ4n) is 3.69. The molecule has 0 aliphatic carbocycles. The largest absolute Gasteiger partial charge is 0.336 e. The molecule has 0 bridgehead atoms. The zero-order valence-electron chi connectivity index (χ0n) is 17.7. The average molecular weight is 488 g/mol. The van der Waals surface area contributed by atoms with Crippen LogP contribution in [0.5, 0.6) is 0 Å². The number of nitrogens with one attached hydrogen (secondary N) is 1. The van der Waals surface area contributed by atoms with Gasteiger partial charge in [0.15, 0.2) is 0 Å². The molecule has 1 aliphatic heterocycles. The Balaban J connectivity index is 1.43. The van der Waals surface area contributed by atoms with E-state index in [1.807, 2.05) is 18.2 Å². The van der Waals surface area contributed by atoms with Gasteiger partial charge in [-0.15, -0.1) is 0 Å². The number of piperazine rings is 1. The number of anilines is 1. The van der Waals surface area contributed by atoms with E-state index in [1.165, 1.54) is 17.7 Å². The highest BCUT2D eigenvalue weighted by molar-refractivity contribution is 7.92. The summed E-state index contributed by atoms with van der Waals surface area (Å²) in [5.41, 5.74) is 1.66. The number of hydrogen-bond donors (Lipinski definition) is 1. The summed E-state index contributed by atoms with van der Waals surface area (Å²) in [5, 5.41) is 0.157. The fraction of sp³-hybridized carbons (Fsp3) is 0.208. The van der Waals surface area contributed by atoms with E-state index in [0.717, 1.165) is 43.9 Å². The van der Waals surface area contributed by atoms with E-state index in [2.05, 4.69) is 21.8 Å². The first kappa shape index (κ1) is 23.2. The maximum atomic E-state index is 13.1. The predicted octanol–water partition coefficient (Wildman–Crippen LogP) is 4.24. The van der Waals surface area contributed by atoms with Crippen LogP contribution in [0.1, 0.15) is 15.9 Å². The number of hydrogen-bond acceptors (Lipinski definition) is 4. The highest BCUT2D eigenvalue weighted by Gasteiger charge is 2.24. The van der Waals surface area contributed by atoms with E-state index in [0.29, 0.717) is 18.7 Å². The molecular weight excluding hydrogens is 465 g/mol. The summed E-state index contributed by atoms with van der Waals surface area (Å²) in [6.07, 6.45) is 0. The van der Waals surface area contributed by atoms with Crippen molar-refractivity contribution in [2.24, 2.45) is 0 Å². The molecule has 0 aromatic heterocycles. The minimum absolute atomic E-state index is 0.0922. The highest BCUT2D eigenvalue weighted by Crippen LogP contribution is 2.27. The SMILES string of the molecule is O=C(c1ccc(Cl)c(NS(=O)(=O)c2ccc(F)cc2)c1)N1CCN(Cc2ccccc2)CC1. The second kappa shape index (κ2) is 9.91. The van der Waals surface area contributed by atoms with Crippen molar-refractivity contribution in [2.45, 2.75) is 11.4 Å². The first-order valence-corrected chi connectivity index (χ1v) is 12.3. The molecule has 1 N–H and O–H groups in total. The molecule has 0 radical (unpaired) electrons. The molecule has 6 nitrogen and oxygen atoms in total. The van der Waals surface area contributed by atoms with Crippen LogP contribution in [0.4, 0.5) is 10.1 Å². The lowest BCUT2D eigenvalue weighted by molar-refractivity contribution is 0.0628. The number of carbonyl (C=O) groups excluding carboxylic acids is 1. The van der Waals surface area contributed by atoms with Crippen LogP contribution in [0.15, 0.2) is 77.7 Å². The quantitative estimate of drug-likeness (QED) is 0.564. The Morgan fingerprint density at radius 1 is 0.939 bits per heavy atom. The lowest BCUT2D eigenvalue weighted by Gasteiger charge is -2.34. The maximum Gasteiger partial charge on any atom is 0.261 e. The molecule has 1 fully saturated rings. The van der Waals surface area contributed by atoms with Crippen molar-refractivity contribution in [3.63, 3.8) is 0 Å². The summed E-state index contributed by atoms with van der Waals surface area (Å²) in [6.45, 7) is 3.48. The van der Waals surface area contributed by atoms with Crippen LogP contribution in [0.2, 0.25) is 5.02 Å². The molecule has 1 saturated heterocycles. The van der Waals surface area contributed by atoms with E-state index in [1.54, 1.807) is 11.0 Å². The Morgan fingerprint density at radius 3 is 2.27 bits per heavy atom. The van der Waals surface area contributed by atoms with E-state index >= 15 is 0 Å². The van der Waals surface area contributed by atoms with Crippen molar-refractivity contribution >= 4 is 33.2 Å². The Hall–Kier alpha value is -2.94. The molecule has 3 aromatic carbocycles. The summed E-state index contributed by atoms with van der Waals surface area (Å²) < 4.78 is 40.8. The average Bonchev–Trinajstić information content (AvgIpc) is 2.81. The summed E-state index contributed by atoms with van der Waals surface area (Å²) in [5.74, 6) is -0.725. The standard InChI is InChI=1S/C24H23ClFN3O3S/c25-22-11-6-19(16-23(22)27-33(31,32)21-9-7-20(26)8-10-21)24(30)29-14-12-28(13-15-29)17-18-4-2-1-3-5-18/h1-11,16,27H,12-15,17H2. The predicted molar refractivity (Wildman–Crippen MR) is 126 cm³/mol. The number of rotatable bonds is 6.